The maximum Gasteiger partial charge on any atom is 0.337 e. The first-order valence-corrected chi connectivity index (χ1v) is 9.86. The summed E-state index contributed by atoms with van der Waals surface area (Å²) in [5.74, 6) is -1.37. The number of hydroxylamine groups is 2. The molecular formula is C17H24N2O7S. The monoisotopic (exact) mass is 400 g/mol. The largest absolute Gasteiger partial charge is 0.465 e. The Morgan fingerprint density at radius 3 is 2.30 bits per heavy atom. The molecule has 0 atom stereocenters. The average Bonchev–Trinajstić information content (AvgIpc) is 2.68. The number of benzene rings is 1. The van der Waals surface area contributed by atoms with Crippen molar-refractivity contribution in [1.82, 2.24) is 9.37 Å². The summed E-state index contributed by atoms with van der Waals surface area (Å²) in [7, 11) is -3.13. The Kier molecular flexibility index (Phi) is 8.89. The number of rotatable bonds is 11. The van der Waals surface area contributed by atoms with Gasteiger partial charge in [-0.15, -0.1) is 0 Å². The topological polar surface area (TPSA) is 121 Å². The lowest BCUT2D eigenvalue weighted by atomic mass is 10.1. The highest BCUT2D eigenvalue weighted by atomic mass is 32.2. The van der Waals surface area contributed by atoms with Crippen molar-refractivity contribution >= 4 is 28.3 Å². The molecule has 150 valence electrons. The number of amides is 2. The molecule has 0 aliphatic heterocycles. The van der Waals surface area contributed by atoms with E-state index < -0.39 is 28.6 Å². The Morgan fingerprint density at radius 1 is 1.15 bits per heavy atom. The summed E-state index contributed by atoms with van der Waals surface area (Å²) in [4.78, 5) is 34.3. The molecule has 0 fully saturated rings. The lowest BCUT2D eigenvalue weighted by molar-refractivity contribution is -0.158. The smallest absolute Gasteiger partial charge is 0.337 e. The van der Waals surface area contributed by atoms with Gasteiger partial charge in [0.15, 0.2) is 0 Å². The number of esters is 1. The minimum absolute atomic E-state index is 0.00718. The second-order valence-corrected chi connectivity index (χ2v) is 7.62. The average molecular weight is 400 g/mol. The van der Waals surface area contributed by atoms with E-state index in [1.54, 1.807) is 0 Å². The SMILES string of the molecule is CCCCCCC(=O)N(CN(O)C=O)S(=O)(=O)c1ccc(C(=O)OC)cc1. The second kappa shape index (κ2) is 10.6. The van der Waals surface area contributed by atoms with E-state index in [9.17, 15) is 28.0 Å². The number of hydrogen-bond acceptors (Lipinski definition) is 7. The van der Waals surface area contributed by atoms with Crippen molar-refractivity contribution < 1.29 is 32.7 Å². The summed E-state index contributed by atoms with van der Waals surface area (Å²) in [5.41, 5.74) is 0.144. The van der Waals surface area contributed by atoms with Crippen molar-refractivity contribution in [3.63, 3.8) is 0 Å². The van der Waals surface area contributed by atoms with Crippen LogP contribution in [0.3, 0.4) is 0 Å². The third kappa shape index (κ3) is 6.33. The van der Waals surface area contributed by atoms with Gasteiger partial charge in [0.05, 0.1) is 17.6 Å². The van der Waals surface area contributed by atoms with E-state index in [1.165, 1.54) is 19.2 Å². The highest BCUT2D eigenvalue weighted by Gasteiger charge is 2.30. The van der Waals surface area contributed by atoms with Gasteiger partial charge in [-0.05, 0) is 30.7 Å². The van der Waals surface area contributed by atoms with Crippen molar-refractivity contribution in [2.24, 2.45) is 0 Å². The quantitative estimate of drug-likeness (QED) is 0.150. The van der Waals surface area contributed by atoms with E-state index in [2.05, 4.69) is 4.74 Å². The number of sulfonamides is 1. The standard InChI is InChI=1S/C17H24N2O7S/c1-3-4-5-6-7-16(21)19(12-18(23)13-20)27(24,25)15-10-8-14(9-11-15)17(22)26-2/h8-11,13,23H,3-7,12H2,1-2H3. The zero-order chi connectivity index (χ0) is 20.4. The van der Waals surface area contributed by atoms with Gasteiger partial charge in [-0.2, -0.15) is 0 Å². The molecule has 1 N–H and O–H groups in total. The Balaban J connectivity index is 3.08. The van der Waals surface area contributed by atoms with Crippen LogP contribution in [0.5, 0.6) is 0 Å². The maximum atomic E-state index is 12.8. The van der Waals surface area contributed by atoms with E-state index in [-0.39, 0.29) is 28.4 Å². The molecule has 0 saturated carbocycles. The molecule has 0 radical (unpaired) electrons. The minimum atomic E-state index is -4.33. The van der Waals surface area contributed by atoms with Crippen LogP contribution in [0.4, 0.5) is 0 Å². The summed E-state index contributed by atoms with van der Waals surface area (Å²) in [6.07, 6.45) is 3.10. The number of carbonyl (C=O) groups is 3. The molecule has 2 amide bonds. The van der Waals surface area contributed by atoms with Crippen LogP contribution < -0.4 is 0 Å². The minimum Gasteiger partial charge on any atom is -0.465 e. The molecule has 0 aliphatic carbocycles. The van der Waals surface area contributed by atoms with Crippen molar-refractivity contribution in [3.8, 4) is 0 Å². The number of nitrogens with zero attached hydrogens (tertiary/aromatic N) is 2. The molecule has 9 nitrogen and oxygen atoms in total. The molecule has 0 bridgehead atoms. The van der Waals surface area contributed by atoms with Gasteiger partial charge in [0.2, 0.25) is 12.3 Å². The van der Waals surface area contributed by atoms with E-state index in [0.29, 0.717) is 10.7 Å². The number of hydrogen-bond donors (Lipinski definition) is 1. The van der Waals surface area contributed by atoms with Gasteiger partial charge in [-0.1, -0.05) is 26.2 Å². The number of carbonyl (C=O) groups excluding carboxylic acids is 3. The van der Waals surface area contributed by atoms with Crippen LogP contribution in [0.25, 0.3) is 0 Å². The van der Waals surface area contributed by atoms with E-state index in [4.69, 9.17) is 0 Å². The Labute approximate surface area is 158 Å². The second-order valence-electron chi connectivity index (χ2n) is 5.76. The Morgan fingerprint density at radius 2 is 1.78 bits per heavy atom. The third-order valence-electron chi connectivity index (χ3n) is 3.78. The van der Waals surface area contributed by atoms with Crippen LogP contribution in [0, 0.1) is 0 Å². The molecule has 1 aromatic carbocycles. The number of unbranched alkanes of at least 4 members (excludes halogenated alkanes) is 3. The van der Waals surface area contributed by atoms with Crippen molar-refractivity contribution in [2.75, 3.05) is 13.8 Å². The molecule has 27 heavy (non-hydrogen) atoms. The summed E-state index contributed by atoms with van der Waals surface area (Å²) in [6.45, 7) is 1.18. The van der Waals surface area contributed by atoms with Crippen molar-refractivity contribution in [3.05, 3.63) is 29.8 Å². The third-order valence-corrected chi connectivity index (χ3v) is 5.55. The van der Waals surface area contributed by atoms with Crippen molar-refractivity contribution in [1.29, 1.82) is 0 Å². The van der Waals surface area contributed by atoms with Gasteiger partial charge in [0.25, 0.3) is 10.0 Å². The van der Waals surface area contributed by atoms with Crippen LogP contribution in [-0.2, 0) is 24.3 Å². The van der Waals surface area contributed by atoms with Gasteiger partial charge in [0.1, 0.15) is 6.67 Å². The molecule has 0 unspecified atom stereocenters. The fraction of sp³-hybridized carbons (Fsp3) is 0.471. The highest BCUT2D eigenvalue weighted by Crippen LogP contribution is 2.19. The van der Waals surface area contributed by atoms with Crippen LogP contribution in [-0.4, -0.2) is 55.1 Å². The van der Waals surface area contributed by atoms with Crippen molar-refractivity contribution in [2.45, 2.75) is 43.9 Å². The van der Waals surface area contributed by atoms with E-state index in [1.807, 2.05) is 6.92 Å². The normalized spacial score (nSPS) is 10.9. The fourth-order valence-electron chi connectivity index (χ4n) is 2.29. The zero-order valence-electron chi connectivity index (χ0n) is 15.3. The molecule has 0 spiro atoms. The van der Waals surface area contributed by atoms with Crippen LogP contribution in [0.2, 0.25) is 0 Å². The predicted molar refractivity (Wildman–Crippen MR) is 95.1 cm³/mol. The molecule has 0 aliphatic rings. The van der Waals surface area contributed by atoms with Crippen LogP contribution in [0.1, 0.15) is 49.4 Å². The summed E-state index contributed by atoms with van der Waals surface area (Å²) < 4.78 is 30.6. The molecule has 0 heterocycles. The molecule has 0 aromatic heterocycles. The summed E-state index contributed by atoms with van der Waals surface area (Å²) in [5, 5.41) is 9.47. The first-order valence-electron chi connectivity index (χ1n) is 8.42. The maximum absolute atomic E-state index is 12.8. The van der Waals surface area contributed by atoms with Gasteiger partial charge in [-0.25, -0.2) is 22.6 Å². The first kappa shape index (κ1) is 22.6. The molecule has 10 heteroatoms. The summed E-state index contributed by atoms with van der Waals surface area (Å²) in [6, 6.07) is 4.81. The zero-order valence-corrected chi connectivity index (χ0v) is 16.1. The van der Waals surface area contributed by atoms with Gasteiger partial charge >= 0.3 is 5.97 Å². The van der Waals surface area contributed by atoms with Crippen LogP contribution >= 0.6 is 0 Å². The van der Waals surface area contributed by atoms with Gasteiger partial charge in [0, 0.05) is 6.42 Å². The highest BCUT2D eigenvalue weighted by molar-refractivity contribution is 7.89. The first-order chi connectivity index (χ1) is 12.8. The number of methoxy groups -OCH3 is 1. The van der Waals surface area contributed by atoms with E-state index in [0.717, 1.165) is 31.4 Å². The lowest BCUT2D eigenvalue weighted by Gasteiger charge is -2.24. The number of ether oxygens (including phenoxy) is 1. The summed E-state index contributed by atoms with van der Waals surface area (Å²) >= 11 is 0. The predicted octanol–water partition coefficient (Wildman–Crippen LogP) is 1.77. The van der Waals surface area contributed by atoms with Crippen LogP contribution in [0.15, 0.2) is 29.2 Å². The molecule has 1 rings (SSSR count). The fourth-order valence-corrected chi connectivity index (χ4v) is 3.65. The molecular weight excluding hydrogens is 376 g/mol. The Bertz CT molecular complexity index is 747. The van der Waals surface area contributed by atoms with Gasteiger partial charge < -0.3 is 4.74 Å². The van der Waals surface area contributed by atoms with Gasteiger partial charge in [-0.3, -0.25) is 14.8 Å². The van der Waals surface area contributed by atoms with E-state index >= 15 is 0 Å². The molecule has 0 saturated heterocycles. The Hall–Kier alpha value is -2.46. The molecule has 1 aromatic rings. The lowest BCUT2D eigenvalue weighted by Crippen LogP contribution is -2.43.